The van der Waals surface area contributed by atoms with Crippen molar-refractivity contribution in [2.75, 3.05) is 13.2 Å². The summed E-state index contributed by atoms with van der Waals surface area (Å²) >= 11 is 0. The highest BCUT2D eigenvalue weighted by atomic mass is 16.5. The fourth-order valence-electron chi connectivity index (χ4n) is 4.17. The standard InChI is InChI=1S/C33H56N2O7/c1-3-5-7-9-11-13-14-18-22-28(42-32(39)25-21-15-12-10-8-6-4-2)23-19-16-17-20-24-30(37)34-26-31(38)35-29(27-36)33(40)41/h5,7,11,13,18,22,28-29,36H,3-4,6,8-10,12,14-17,19-21,23-27H2,1-2H3,(H,34,37)(H,35,38)(H,40,41)/b7-5-,13-11-,22-18-. The number of carboxylic acids is 1. The van der Waals surface area contributed by atoms with E-state index in [1.165, 1.54) is 25.7 Å². The zero-order chi connectivity index (χ0) is 31.3. The van der Waals surface area contributed by atoms with Gasteiger partial charge in [0.1, 0.15) is 12.1 Å². The number of hydrogen-bond donors (Lipinski definition) is 4. The molecule has 0 heterocycles. The molecule has 4 N–H and O–H groups in total. The molecule has 240 valence electrons. The van der Waals surface area contributed by atoms with Gasteiger partial charge in [-0.05, 0) is 51.0 Å². The van der Waals surface area contributed by atoms with Crippen LogP contribution in [-0.2, 0) is 23.9 Å². The summed E-state index contributed by atoms with van der Waals surface area (Å²) in [6, 6.07) is -1.39. The number of rotatable bonds is 27. The van der Waals surface area contributed by atoms with Crippen molar-refractivity contribution in [1.29, 1.82) is 0 Å². The number of ether oxygens (including phenoxy) is 1. The Morgan fingerprint density at radius 1 is 0.738 bits per heavy atom. The molecule has 0 aromatic heterocycles. The first kappa shape index (κ1) is 39.1. The second-order valence-electron chi connectivity index (χ2n) is 10.5. The third-order valence-electron chi connectivity index (χ3n) is 6.64. The zero-order valence-corrected chi connectivity index (χ0v) is 26.0. The molecule has 2 amide bonds. The second kappa shape index (κ2) is 28.2. The minimum Gasteiger partial charge on any atom is -0.480 e. The Morgan fingerprint density at radius 2 is 1.33 bits per heavy atom. The predicted octanol–water partition coefficient (Wildman–Crippen LogP) is 5.92. The molecule has 0 aliphatic carbocycles. The number of aliphatic hydroxyl groups excluding tert-OH is 1. The fourth-order valence-corrected chi connectivity index (χ4v) is 4.17. The first-order valence-electron chi connectivity index (χ1n) is 15.9. The van der Waals surface area contributed by atoms with Crippen LogP contribution in [0.15, 0.2) is 36.5 Å². The van der Waals surface area contributed by atoms with E-state index in [0.717, 1.165) is 64.2 Å². The largest absolute Gasteiger partial charge is 0.480 e. The molecule has 0 aliphatic heterocycles. The molecule has 0 bridgehead atoms. The molecule has 42 heavy (non-hydrogen) atoms. The highest BCUT2D eigenvalue weighted by Crippen LogP contribution is 2.14. The molecular weight excluding hydrogens is 536 g/mol. The van der Waals surface area contributed by atoms with Gasteiger partial charge in [0, 0.05) is 12.8 Å². The van der Waals surface area contributed by atoms with Gasteiger partial charge < -0.3 is 25.6 Å². The van der Waals surface area contributed by atoms with Crippen LogP contribution in [0.2, 0.25) is 0 Å². The molecule has 0 rings (SSSR count). The Morgan fingerprint density at radius 3 is 1.98 bits per heavy atom. The van der Waals surface area contributed by atoms with Crippen LogP contribution >= 0.6 is 0 Å². The Balaban J connectivity index is 4.41. The number of allylic oxidation sites excluding steroid dienone is 5. The predicted molar refractivity (Wildman–Crippen MR) is 167 cm³/mol. The van der Waals surface area contributed by atoms with E-state index >= 15 is 0 Å². The van der Waals surface area contributed by atoms with E-state index in [1.807, 2.05) is 12.2 Å². The monoisotopic (exact) mass is 592 g/mol. The normalized spacial score (nSPS) is 13.0. The van der Waals surface area contributed by atoms with Gasteiger partial charge in [-0.25, -0.2) is 4.79 Å². The van der Waals surface area contributed by atoms with Crippen molar-refractivity contribution >= 4 is 23.8 Å². The van der Waals surface area contributed by atoms with Gasteiger partial charge >= 0.3 is 11.9 Å². The average molecular weight is 593 g/mol. The Bertz CT molecular complexity index is 823. The van der Waals surface area contributed by atoms with Gasteiger partial charge in [-0.1, -0.05) is 95.6 Å². The molecule has 0 aliphatic rings. The maximum atomic E-state index is 12.5. The molecule has 9 heteroatoms. The van der Waals surface area contributed by atoms with Crippen LogP contribution in [0.4, 0.5) is 0 Å². The molecule has 0 fully saturated rings. The Hall–Kier alpha value is -2.94. The number of amides is 2. The maximum absolute atomic E-state index is 12.5. The highest BCUT2D eigenvalue weighted by Gasteiger charge is 2.18. The first-order chi connectivity index (χ1) is 20.3. The van der Waals surface area contributed by atoms with Crippen molar-refractivity contribution in [3.05, 3.63) is 36.5 Å². The van der Waals surface area contributed by atoms with Crippen molar-refractivity contribution in [3.63, 3.8) is 0 Å². The minimum absolute atomic E-state index is 0.146. The van der Waals surface area contributed by atoms with Crippen LogP contribution < -0.4 is 10.6 Å². The average Bonchev–Trinajstić information content (AvgIpc) is 2.97. The van der Waals surface area contributed by atoms with Crippen LogP contribution in [0, 0.1) is 0 Å². The molecule has 2 atom stereocenters. The lowest BCUT2D eigenvalue weighted by atomic mass is 10.1. The first-order valence-corrected chi connectivity index (χ1v) is 15.9. The van der Waals surface area contributed by atoms with Gasteiger partial charge in [0.05, 0.1) is 13.2 Å². The number of nitrogens with one attached hydrogen (secondary N) is 2. The quantitative estimate of drug-likeness (QED) is 0.0527. The van der Waals surface area contributed by atoms with E-state index in [-0.39, 0.29) is 30.9 Å². The lowest BCUT2D eigenvalue weighted by molar-refractivity contribution is -0.147. The Kier molecular flexibility index (Phi) is 26.2. The lowest BCUT2D eigenvalue weighted by Crippen LogP contribution is -2.47. The van der Waals surface area contributed by atoms with E-state index in [9.17, 15) is 19.2 Å². The number of carboxylic acid groups (broad SMARTS) is 1. The topological polar surface area (TPSA) is 142 Å². The molecule has 0 aromatic carbocycles. The van der Waals surface area contributed by atoms with Crippen LogP contribution in [0.3, 0.4) is 0 Å². The van der Waals surface area contributed by atoms with E-state index in [0.29, 0.717) is 12.8 Å². The summed E-state index contributed by atoms with van der Waals surface area (Å²) in [5.74, 6) is -2.45. The summed E-state index contributed by atoms with van der Waals surface area (Å²) < 4.78 is 5.79. The molecule has 0 saturated carbocycles. The van der Waals surface area contributed by atoms with Crippen LogP contribution in [0.1, 0.15) is 123 Å². The van der Waals surface area contributed by atoms with Gasteiger partial charge in [0.25, 0.3) is 0 Å². The van der Waals surface area contributed by atoms with Crippen LogP contribution in [0.25, 0.3) is 0 Å². The van der Waals surface area contributed by atoms with Crippen LogP contribution in [-0.4, -0.2) is 59.3 Å². The summed E-state index contributed by atoms with van der Waals surface area (Å²) in [5, 5.41) is 22.4. The number of hydrogen-bond acceptors (Lipinski definition) is 6. The number of aliphatic hydroxyl groups is 1. The van der Waals surface area contributed by atoms with E-state index in [4.69, 9.17) is 14.9 Å². The summed E-state index contributed by atoms with van der Waals surface area (Å²) in [4.78, 5) is 47.0. The summed E-state index contributed by atoms with van der Waals surface area (Å²) in [7, 11) is 0. The number of carbonyl (C=O) groups excluding carboxylic acids is 3. The van der Waals surface area contributed by atoms with Crippen molar-refractivity contribution in [2.45, 2.75) is 135 Å². The smallest absolute Gasteiger partial charge is 0.328 e. The molecule has 0 saturated heterocycles. The summed E-state index contributed by atoms with van der Waals surface area (Å²) in [5.41, 5.74) is 0. The van der Waals surface area contributed by atoms with E-state index < -0.39 is 24.5 Å². The minimum atomic E-state index is -1.39. The molecule has 9 nitrogen and oxygen atoms in total. The van der Waals surface area contributed by atoms with Crippen molar-refractivity contribution in [1.82, 2.24) is 10.6 Å². The van der Waals surface area contributed by atoms with Crippen LogP contribution in [0.5, 0.6) is 0 Å². The molecule has 0 aromatic rings. The van der Waals surface area contributed by atoms with Gasteiger partial charge in [-0.3, -0.25) is 14.4 Å². The number of unbranched alkanes of at least 4 members (excludes halogenated alkanes) is 9. The molecule has 0 radical (unpaired) electrons. The third kappa shape index (κ3) is 24.8. The van der Waals surface area contributed by atoms with Gasteiger partial charge in [-0.2, -0.15) is 0 Å². The van der Waals surface area contributed by atoms with Crippen molar-refractivity contribution in [2.24, 2.45) is 0 Å². The van der Waals surface area contributed by atoms with Crippen molar-refractivity contribution in [3.8, 4) is 0 Å². The van der Waals surface area contributed by atoms with Gasteiger partial charge in [0.15, 0.2) is 0 Å². The molecular formula is C33H56N2O7. The highest BCUT2D eigenvalue weighted by molar-refractivity contribution is 5.87. The third-order valence-corrected chi connectivity index (χ3v) is 6.64. The van der Waals surface area contributed by atoms with E-state index in [1.54, 1.807) is 0 Å². The molecule has 0 spiro atoms. The Labute approximate surface area is 253 Å². The lowest BCUT2D eigenvalue weighted by Gasteiger charge is -2.15. The summed E-state index contributed by atoms with van der Waals surface area (Å²) in [6.45, 7) is 3.25. The van der Waals surface area contributed by atoms with Gasteiger partial charge in [0.2, 0.25) is 11.8 Å². The maximum Gasteiger partial charge on any atom is 0.328 e. The number of carbonyl (C=O) groups is 4. The number of aliphatic carboxylic acids is 1. The zero-order valence-electron chi connectivity index (χ0n) is 26.0. The molecule has 2 unspecified atom stereocenters. The summed E-state index contributed by atoms with van der Waals surface area (Å²) in [6.07, 6.45) is 27.8. The van der Waals surface area contributed by atoms with Gasteiger partial charge in [-0.15, -0.1) is 0 Å². The van der Waals surface area contributed by atoms with E-state index in [2.05, 4.69) is 48.8 Å². The number of esters is 1. The van der Waals surface area contributed by atoms with Crippen molar-refractivity contribution < 1.29 is 34.1 Å². The second-order valence-corrected chi connectivity index (χ2v) is 10.5. The SMILES string of the molecule is CC/C=C\C/C=C\C/C=C\C(CCCCCCC(=O)NCC(=O)NC(CO)C(=O)O)OC(=O)CCCCCCCCC. The fraction of sp³-hybridized carbons (Fsp3) is 0.697.